The van der Waals surface area contributed by atoms with Crippen LogP contribution in [0.2, 0.25) is 5.02 Å². The van der Waals surface area contributed by atoms with E-state index in [9.17, 15) is 4.79 Å². The maximum absolute atomic E-state index is 13.1. The molecule has 4 rings (SSSR count). The molecule has 0 spiro atoms. The molecule has 1 unspecified atom stereocenters. The fourth-order valence-corrected chi connectivity index (χ4v) is 4.20. The van der Waals surface area contributed by atoms with E-state index in [0.29, 0.717) is 18.1 Å². The highest BCUT2D eigenvalue weighted by molar-refractivity contribution is 6.31. The molecule has 148 valence electrons. The van der Waals surface area contributed by atoms with E-state index in [1.807, 2.05) is 42.5 Å². The zero-order valence-corrected chi connectivity index (χ0v) is 16.9. The Kier molecular flexibility index (Phi) is 5.74. The summed E-state index contributed by atoms with van der Waals surface area (Å²) in [5.41, 5.74) is 2.77. The fraction of sp³-hybridized carbons (Fsp3) is 0.409. The lowest BCUT2D eigenvalue weighted by molar-refractivity contribution is -0.118. The predicted octanol–water partition coefficient (Wildman–Crippen LogP) is 3.99. The number of nitrogens with one attached hydrogen (secondary N) is 1. The van der Waals surface area contributed by atoms with Crippen molar-refractivity contribution in [2.24, 2.45) is 0 Å². The molecule has 2 aliphatic rings. The number of ether oxygens (including phenoxy) is 1. The molecule has 5 nitrogen and oxygen atoms in total. The number of para-hydroxylation sites is 1. The average molecular weight is 400 g/mol. The summed E-state index contributed by atoms with van der Waals surface area (Å²) >= 11 is 6.25. The Balaban J connectivity index is 1.55. The second-order valence-electron chi connectivity index (χ2n) is 7.30. The lowest BCUT2D eigenvalue weighted by Crippen LogP contribution is -2.46. The highest BCUT2D eigenvalue weighted by Gasteiger charge is 2.28. The third-order valence-electron chi connectivity index (χ3n) is 5.65. The number of carbonyl (C=O) groups is 1. The molecule has 1 atom stereocenters. The molecule has 6 heteroatoms. The van der Waals surface area contributed by atoms with Crippen molar-refractivity contribution >= 4 is 28.9 Å². The van der Waals surface area contributed by atoms with Crippen LogP contribution in [0.1, 0.15) is 24.8 Å². The van der Waals surface area contributed by atoms with Crippen LogP contribution in [-0.4, -0.2) is 50.1 Å². The number of nitrogens with zero attached hydrogens (tertiary/aromatic N) is 2. The molecule has 1 N–H and O–H groups in total. The van der Waals surface area contributed by atoms with Gasteiger partial charge in [-0.2, -0.15) is 0 Å². The van der Waals surface area contributed by atoms with Crippen molar-refractivity contribution in [3.63, 3.8) is 0 Å². The van der Waals surface area contributed by atoms with Crippen molar-refractivity contribution in [1.29, 1.82) is 0 Å². The van der Waals surface area contributed by atoms with Gasteiger partial charge in [0.15, 0.2) is 0 Å². The van der Waals surface area contributed by atoms with E-state index in [0.717, 1.165) is 55.4 Å². The summed E-state index contributed by atoms with van der Waals surface area (Å²) in [5.74, 6) is 0.580. The summed E-state index contributed by atoms with van der Waals surface area (Å²) in [4.78, 5) is 17.9. The first kappa shape index (κ1) is 19.1. The number of likely N-dealkylation sites (N-methyl/N-ethyl adjacent to an activating group) is 1. The second-order valence-corrected chi connectivity index (χ2v) is 7.74. The summed E-state index contributed by atoms with van der Waals surface area (Å²) in [6.07, 6.45) is 0.675. The molecule has 2 aromatic rings. The topological polar surface area (TPSA) is 44.8 Å². The minimum absolute atomic E-state index is 0.00791. The van der Waals surface area contributed by atoms with Gasteiger partial charge in [-0.05, 0) is 37.2 Å². The summed E-state index contributed by atoms with van der Waals surface area (Å²) in [6.45, 7) is 7.75. The van der Waals surface area contributed by atoms with Crippen LogP contribution in [0.25, 0.3) is 0 Å². The summed E-state index contributed by atoms with van der Waals surface area (Å²) in [7, 11) is 0. The standard InChI is InChI=1S/C22H26ClN3O2/c1-2-25-10-12-26(13-11-25)20-8-7-16(23)15-19(20)24-22(27)18-9-14-28-21-6-4-3-5-17(18)21/h3-8,15,18H,2,9-14H2,1H3,(H,24,27). The smallest absolute Gasteiger partial charge is 0.232 e. The molecule has 2 aromatic carbocycles. The zero-order valence-electron chi connectivity index (χ0n) is 16.2. The Morgan fingerprint density at radius 3 is 2.75 bits per heavy atom. The Morgan fingerprint density at radius 2 is 1.96 bits per heavy atom. The van der Waals surface area contributed by atoms with E-state index in [1.54, 1.807) is 0 Å². The summed E-state index contributed by atoms with van der Waals surface area (Å²) in [5, 5.41) is 3.77. The number of amides is 1. The number of halogens is 1. The van der Waals surface area contributed by atoms with Crippen molar-refractivity contribution in [3.8, 4) is 5.75 Å². The van der Waals surface area contributed by atoms with Crippen LogP contribution >= 0.6 is 11.6 Å². The van der Waals surface area contributed by atoms with Crippen molar-refractivity contribution < 1.29 is 9.53 Å². The molecule has 2 aliphatic heterocycles. The number of carbonyl (C=O) groups excluding carboxylic acids is 1. The van der Waals surface area contributed by atoms with Gasteiger partial charge in [-0.3, -0.25) is 4.79 Å². The third-order valence-corrected chi connectivity index (χ3v) is 5.89. The van der Waals surface area contributed by atoms with E-state index in [-0.39, 0.29) is 11.8 Å². The number of anilines is 2. The minimum atomic E-state index is -0.214. The molecule has 0 aliphatic carbocycles. The molecule has 1 saturated heterocycles. The molecule has 0 bridgehead atoms. The average Bonchev–Trinajstić information content (AvgIpc) is 2.73. The van der Waals surface area contributed by atoms with Crippen LogP contribution in [0.4, 0.5) is 11.4 Å². The SMILES string of the molecule is CCN1CCN(c2ccc(Cl)cc2NC(=O)C2CCOc3ccccc32)CC1. The molecule has 0 aromatic heterocycles. The number of benzene rings is 2. The van der Waals surface area contributed by atoms with Crippen LogP contribution in [-0.2, 0) is 4.79 Å². The molecule has 1 amide bonds. The van der Waals surface area contributed by atoms with Crippen LogP contribution < -0.4 is 15.0 Å². The van der Waals surface area contributed by atoms with E-state index in [2.05, 4.69) is 22.0 Å². The minimum Gasteiger partial charge on any atom is -0.493 e. The molecule has 0 saturated carbocycles. The summed E-state index contributed by atoms with van der Waals surface area (Å²) in [6, 6.07) is 13.5. The number of rotatable bonds is 4. The molecule has 28 heavy (non-hydrogen) atoms. The largest absolute Gasteiger partial charge is 0.493 e. The van der Waals surface area contributed by atoms with Crippen molar-refractivity contribution in [3.05, 3.63) is 53.1 Å². The van der Waals surface area contributed by atoms with Gasteiger partial charge >= 0.3 is 0 Å². The second kappa shape index (κ2) is 8.41. The van der Waals surface area contributed by atoms with Crippen molar-refractivity contribution in [1.82, 2.24) is 4.90 Å². The maximum atomic E-state index is 13.1. The summed E-state index contributed by atoms with van der Waals surface area (Å²) < 4.78 is 5.70. The monoisotopic (exact) mass is 399 g/mol. The number of fused-ring (bicyclic) bond motifs is 1. The number of piperazine rings is 1. The molecule has 2 heterocycles. The van der Waals surface area contributed by atoms with E-state index in [1.165, 1.54) is 0 Å². The van der Waals surface area contributed by atoms with E-state index in [4.69, 9.17) is 16.3 Å². The molecular formula is C22H26ClN3O2. The van der Waals surface area contributed by atoms with Gasteiger partial charge in [0.1, 0.15) is 5.75 Å². The van der Waals surface area contributed by atoms with Crippen LogP contribution in [0.5, 0.6) is 5.75 Å². The number of hydrogen-bond donors (Lipinski definition) is 1. The fourth-order valence-electron chi connectivity index (χ4n) is 4.02. The van der Waals surface area contributed by atoms with Gasteiger partial charge in [-0.25, -0.2) is 0 Å². The third kappa shape index (κ3) is 3.96. The van der Waals surface area contributed by atoms with E-state index < -0.39 is 0 Å². The van der Waals surface area contributed by atoms with Crippen LogP contribution in [0.15, 0.2) is 42.5 Å². The Morgan fingerprint density at radius 1 is 1.18 bits per heavy atom. The Bertz CT molecular complexity index is 849. The highest BCUT2D eigenvalue weighted by atomic mass is 35.5. The normalized spacial score (nSPS) is 19.6. The first-order valence-corrected chi connectivity index (χ1v) is 10.3. The van der Waals surface area contributed by atoms with Crippen molar-refractivity contribution in [2.45, 2.75) is 19.3 Å². The highest BCUT2D eigenvalue weighted by Crippen LogP contribution is 2.36. The first-order chi connectivity index (χ1) is 13.7. The number of hydrogen-bond acceptors (Lipinski definition) is 4. The van der Waals surface area contributed by atoms with Gasteiger partial charge in [-0.15, -0.1) is 0 Å². The van der Waals surface area contributed by atoms with Gasteiger partial charge in [-0.1, -0.05) is 36.7 Å². The first-order valence-electron chi connectivity index (χ1n) is 9.95. The Hall–Kier alpha value is -2.24. The van der Waals surface area contributed by atoms with Gasteiger partial charge < -0.3 is 19.9 Å². The lowest BCUT2D eigenvalue weighted by atomic mass is 9.92. The lowest BCUT2D eigenvalue weighted by Gasteiger charge is -2.36. The maximum Gasteiger partial charge on any atom is 0.232 e. The predicted molar refractivity (Wildman–Crippen MR) is 114 cm³/mol. The van der Waals surface area contributed by atoms with Gasteiger partial charge in [0.25, 0.3) is 0 Å². The zero-order chi connectivity index (χ0) is 19.5. The quantitative estimate of drug-likeness (QED) is 0.844. The molecule has 0 radical (unpaired) electrons. The van der Waals surface area contributed by atoms with Crippen LogP contribution in [0, 0.1) is 0 Å². The van der Waals surface area contributed by atoms with Crippen LogP contribution in [0.3, 0.4) is 0 Å². The molecular weight excluding hydrogens is 374 g/mol. The molecule has 1 fully saturated rings. The van der Waals surface area contributed by atoms with Gasteiger partial charge in [0, 0.05) is 36.8 Å². The van der Waals surface area contributed by atoms with Gasteiger partial charge in [0.2, 0.25) is 5.91 Å². The van der Waals surface area contributed by atoms with Gasteiger partial charge in [0.05, 0.1) is 23.9 Å². The Labute approximate surface area is 171 Å². The van der Waals surface area contributed by atoms with Crippen molar-refractivity contribution in [2.75, 3.05) is 49.5 Å². The van der Waals surface area contributed by atoms with E-state index >= 15 is 0 Å².